The number of nitrogens with one attached hydrogen (secondary N) is 1. The molecule has 0 aliphatic carbocycles. The molecule has 4 heteroatoms. The minimum atomic E-state index is 0.0638. The Labute approximate surface area is 142 Å². The molecule has 2 rings (SSSR count). The topological polar surface area (TPSA) is 55.1 Å². The van der Waals surface area contributed by atoms with E-state index in [1.165, 1.54) is 10.4 Å². The molecular weight excluding hydrogens is 304 g/mol. The molecule has 0 saturated heterocycles. The molecule has 1 aromatic carbocycles. The molecule has 0 radical (unpaired) electrons. The van der Waals surface area contributed by atoms with E-state index >= 15 is 0 Å². The molecule has 0 fully saturated rings. The van der Waals surface area contributed by atoms with Crippen LogP contribution in [0.3, 0.4) is 0 Å². The first-order chi connectivity index (χ1) is 11.3. The molecule has 2 aromatic rings. The van der Waals surface area contributed by atoms with E-state index in [-0.39, 0.29) is 11.9 Å². The highest BCUT2D eigenvalue weighted by Gasteiger charge is 2.16. The first-order valence-corrected chi connectivity index (χ1v) is 9.24. The molecule has 3 N–H and O–H groups in total. The number of hydrogen-bond acceptors (Lipinski definition) is 3. The number of nitrogens with two attached hydrogens (primary N) is 1. The second-order valence-corrected chi connectivity index (χ2v) is 6.76. The molecule has 23 heavy (non-hydrogen) atoms. The summed E-state index contributed by atoms with van der Waals surface area (Å²) in [5.41, 5.74) is 6.73. The third-order valence-electron chi connectivity index (χ3n) is 3.86. The Morgan fingerprint density at radius 3 is 2.52 bits per heavy atom. The number of unbranched alkanes of at least 4 members (excludes halogenated alkanes) is 3. The minimum absolute atomic E-state index is 0.0638. The van der Waals surface area contributed by atoms with Gasteiger partial charge in [-0.1, -0.05) is 49.2 Å². The van der Waals surface area contributed by atoms with Crippen molar-refractivity contribution in [1.29, 1.82) is 0 Å². The van der Waals surface area contributed by atoms with Gasteiger partial charge in [0.25, 0.3) is 0 Å². The largest absolute Gasteiger partial charge is 0.348 e. The van der Waals surface area contributed by atoms with E-state index in [1.807, 2.05) is 24.3 Å². The molecule has 1 unspecified atom stereocenters. The van der Waals surface area contributed by atoms with Gasteiger partial charge in [0, 0.05) is 11.3 Å². The van der Waals surface area contributed by atoms with E-state index in [2.05, 4.69) is 28.9 Å². The highest BCUT2D eigenvalue weighted by molar-refractivity contribution is 7.10. The minimum Gasteiger partial charge on any atom is -0.348 e. The van der Waals surface area contributed by atoms with Crippen molar-refractivity contribution < 1.29 is 4.79 Å². The first-order valence-electron chi connectivity index (χ1n) is 8.36. The lowest BCUT2D eigenvalue weighted by Crippen LogP contribution is -2.29. The quantitative estimate of drug-likeness (QED) is 0.646. The van der Waals surface area contributed by atoms with Gasteiger partial charge in [0.15, 0.2) is 0 Å². The predicted molar refractivity (Wildman–Crippen MR) is 97.5 cm³/mol. The number of hydrogen-bond donors (Lipinski definition) is 2. The fraction of sp³-hybridized carbons (Fsp3) is 0.421. The van der Waals surface area contributed by atoms with Gasteiger partial charge in [0.2, 0.25) is 5.91 Å². The molecular formula is C19H26N2OS. The Kier molecular flexibility index (Phi) is 7.84. The summed E-state index contributed by atoms with van der Waals surface area (Å²) in [5, 5.41) is 5.27. The fourth-order valence-electron chi connectivity index (χ4n) is 2.61. The van der Waals surface area contributed by atoms with Gasteiger partial charge in [-0.3, -0.25) is 4.79 Å². The van der Waals surface area contributed by atoms with Crippen LogP contribution in [0.2, 0.25) is 0 Å². The molecule has 0 spiro atoms. The van der Waals surface area contributed by atoms with Crippen molar-refractivity contribution >= 4 is 17.2 Å². The SMILES string of the molecule is NCCCCCCC(=O)NC(Cc1ccccc1)c1cccs1. The average molecular weight is 330 g/mol. The summed E-state index contributed by atoms with van der Waals surface area (Å²) < 4.78 is 0. The van der Waals surface area contributed by atoms with Crippen molar-refractivity contribution in [2.24, 2.45) is 5.73 Å². The zero-order chi connectivity index (χ0) is 16.3. The van der Waals surface area contributed by atoms with Crippen molar-refractivity contribution in [3.63, 3.8) is 0 Å². The van der Waals surface area contributed by atoms with Gasteiger partial charge in [-0.05, 0) is 42.8 Å². The number of carbonyl (C=O) groups excluding carboxylic acids is 1. The van der Waals surface area contributed by atoms with Crippen LogP contribution in [0.4, 0.5) is 0 Å². The third-order valence-corrected chi connectivity index (χ3v) is 4.85. The number of benzene rings is 1. The Bertz CT molecular complexity index is 554. The Hall–Kier alpha value is -1.65. The molecule has 0 bridgehead atoms. The highest BCUT2D eigenvalue weighted by Crippen LogP contribution is 2.23. The molecule has 1 heterocycles. The monoisotopic (exact) mass is 330 g/mol. The molecule has 0 aliphatic heterocycles. The van der Waals surface area contributed by atoms with Crippen molar-refractivity contribution in [2.75, 3.05) is 6.54 Å². The van der Waals surface area contributed by atoms with Crippen LogP contribution in [-0.4, -0.2) is 12.5 Å². The molecule has 124 valence electrons. The maximum Gasteiger partial charge on any atom is 0.220 e. The molecule has 0 saturated carbocycles. The van der Waals surface area contributed by atoms with Crippen LogP contribution in [0.25, 0.3) is 0 Å². The van der Waals surface area contributed by atoms with Crippen molar-refractivity contribution in [3.05, 3.63) is 58.3 Å². The predicted octanol–water partition coefficient (Wildman–Crippen LogP) is 4.06. The molecule has 0 aliphatic rings. The van der Waals surface area contributed by atoms with E-state index in [9.17, 15) is 4.79 Å². The molecule has 1 aromatic heterocycles. The Morgan fingerprint density at radius 1 is 1.04 bits per heavy atom. The summed E-state index contributed by atoms with van der Waals surface area (Å²) in [6.07, 6.45) is 5.61. The summed E-state index contributed by atoms with van der Waals surface area (Å²) >= 11 is 1.70. The van der Waals surface area contributed by atoms with Crippen molar-refractivity contribution in [3.8, 4) is 0 Å². The van der Waals surface area contributed by atoms with Gasteiger partial charge in [0.05, 0.1) is 6.04 Å². The molecule has 1 atom stereocenters. The van der Waals surface area contributed by atoms with E-state index < -0.39 is 0 Å². The maximum absolute atomic E-state index is 12.2. The van der Waals surface area contributed by atoms with Crippen LogP contribution in [0.5, 0.6) is 0 Å². The third kappa shape index (κ3) is 6.55. The van der Waals surface area contributed by atoms with Crippen LogP contribution < -0.4 is 11.1 Å². The van der Waals surface area contributed by atoms with Crippen LogP contribution in [0.15, 0.2) is 47.8 Å². The van der Waals surface area contributed by atoms with Crippen LogP contribution in [0.1, 0.15) is 48.6 Å². The first kappa shape index (κ1) is 17.7. The lowest BCUT2D eigenvalue weighted by atomic mass is 10.0. The van der Waals surface area contributed by atoms with Gasteiger partial charge < -0.3 is 11.1 Å². The fourth-order valence-corrected chi connectivity index (χ4v) is 3.39. The number of amides is 1. The average Bonchev–Trinajstić information content (AvgIpc) is 3.09. The lowest BCUT2D eigenvalue weighted by Gasteiger charge is -2.18. The standard InChI is InChI=1S/C19H26N2OS/c20-13-7-2-1-6-12-19(22)21-17(18-11-8-14-23-18)15-16-9-4-3-5-10-16/h3-5,8-11,14,17H,1-2,6-7,12-13,15,20H2,(H,21,22). The summed E-state index contributed by atoms with van der Waals surface area (Å²) in [6, 6.07) is 14.5. The van der Waals surface area contributed by atoms with Gasteiger partial charge in [-0.2, -0.15) is 0 Å². The lowest BCUT2D eigenvalue weighted by molar-refractivity contribution is -0.121. The summed E-state index contributed by atoms with van der Waals surface area (Å²) in [4.78, 5) is 13.5. The summed E-state index contributed by atoms with van der Waals surface area (Å²) in [6.45, 7) is 0.740. The second-order valence-electron chi connectivity index (χ2n) is 5.78. The second kappa shape index (κ2) is 10.2. The van der Waals surface area contributed by atoms with E-state index in [0.717, 1.165) is 38.6 Å². The van der Waals surface area contributed by atoms with Crippen LogP contribution >= 0.6 is 11.3 Å². The number of carbonyl (C=O) groups is 1. The van der Waals surface area contributed by atoms with Crippen LogP contribution in [-0.2, 0) is 11.2 Å². The van der Waals surface area contributed by atoms with Crippen molar-refractivity contribution in [2.45, 2.75) is 44.6 Å². The number of thiophene rings is 1. The number of rotatable bonds is 10. The maximum atomic E-state index is 12.2. The molecule has 1 amide bonds. The van der Waals surface area contributed by atoms with Gasteiger partial charge in [-0.15, -0.1) is 11.3 Å². The van der Waals surface area contributed by atoms with Gasteiger partial charge in [-0.25, -0.2) is 0 Å². The van der Waals surface area contributed by atoms with Crippen LogP contribution in [0, 0.1) is 0 Å². The summed E-state index contributed by atoms with van der Waals surface area (Å²) in [5.74, 6) is 0.145. The smallest absolute Gasteiger partial charge is 0.220 e. The van der Waals surface area contributed by atoms with E-state index in [1.54, 1.807) is 11.3 Å². The van der Waals surface area contributed by atoms with E-state index in [0.29, 0.717) is 6.42 Å². The Balaban J connectivity index is 1.86. The Morgan fingerprint density at radius 2 is 1.83 bits per heavy atom. The van der Waals surface area contributed by atoms with Gasteiger partial charge in [0.1, 0.15) is 0 Å². The zero-order valence-electron chi connectivity index (χ0n) is 13.5. The van der Waals surface area contributed by atoms with E-state index in [4.69, 9.17) is 5.73 Å². The zero-order valence-corrected chi connectivity index (χ0v) is 14.4. The van der Waals surface area contributed by atoms with Gasteiger partial charge >= 0.3 is 0 Å². The molecule has 3 nitrogen and oxygen atoms in total. The normalized spacial score (nSPS) is 12.0. The highest BCUT2D eigenvalue weighted by atomic mass is 32.1. The summed E-state index contributed by atoms with van der Waals surface area (Å²) in [7, 11) is 0. The van der Waals surface area contributed by atoms with Crippen molar-refractivity contribution in [1.82, 2.24) is 5.32 Å².